The number of carbonyl (C=O) groups excluding carboxylic acids is 1. The van der Waals surface area contributed by atoms with Crippen LogP contribution in [0.3, 0.4) is 0 Å². The van der Waals surface area contributed by atoms with Gasteiger partial charge in [0.2, 0.25) is 0 Å². The summed E-state index contributed by atoms with van der Waals surface area (Å²) < 4.78 is 0. The van der Waals surface area contributed by atoms with Crippen molar-refractivity contribution in [3.8, 4) is 0 Å². The van der Waals surface area contributed by atoms with Crippen LogP contribution in [0.1, 0.15) is 36.7 Å². The molecule has 0 bridgehead atoms. The quantitative estimate of drug-likeness (QED) is 0.665. The topological polar surface area (TPSA) is 17.1 Å². The molecule has 0 aliphatic rings. The van der Waals surface area contributed by atoms with E-state index in [2.05, 4.69) is 20.8 Å². The Labute approximate surface area is 86.1 Å². The van der Waals surface area contributed by atoms with Crippen LogP contribution in [0.4, 0.5) is 0 Å². The summed E-state index contributed by atoms with van der Waals surface area (Å²) in [4.78, 5) is 10.4. The number of carbonyl (C=O) groups is 1. The van der Waals surface area contributed by atoms with E-state index in [0.717, 1.165) is 18.3 Å². The zero-order chi connectivity index (χ0) is 10.6. The SMILES string of the molecule is CC(C)C(C)Cc1ccc(C=O)cc1. The Morgan fingerprint density at radius 1 is 1.14 bits per heavy atom. The molecule has 0 aromatic heterocycles. The van der Waals surface area contributed by atoms with Gasteiger partial charge in [-0.15, -0.1) is 0 Å². The Bertz CT molecular complexity index is 285. The molecule has 14 heavy (non-hydrogen) atoms. The predicted molar refractivity (Wildman–Crippen MR) is 59.5 cm³/mol. The Hall–Kier alpha value is -1.11. The minimum Gasteiger partial charge on any atom is -0.298 e. The van der Waals surface area contributed by atoms with Crippen molar-refractivity contribution in [2.45, 2.75) is 27.2 Å². The minimum atomic E-state index is 0.692. The molecule has 0 spiro atoms. The second-order valence-electron chi connectivity index (χ2n) is 4.28. The van der Waals surface area contributed by atoms with Gasteiger partial charge in [0, 0.05) is 5.56 Å². The maximum absolute atomic E-state index is 10.4. The average Bonchev–Trinajstić information content (AvgIpc) is 2.19. The summed E-state index contributed by atoms with van der Waals surface area (Å²) in [5.41, 5.74) is 2.07. The molecule has 1 aromatic rings. The summed E-state index contributed by atoms with van der Waals surface area (Å²) in [6, 6.07) is 7.86. The van der Waals surface area contributed by atoms with Crippen molar-refractivity contribution in [3.05, 3.63) is 35.4 Å². The monoisotopic (exact) mass is 190 g/mol. The summed E-state index contributed by atoms with van der Waals surface area (Å²) >= 11 is 0. The van der Waals surface area contributed by atoms with Crippen molar-refractivity contribution in [2.24, 2.45) is 11.8 Å². The van der Waals surface area contributed by atoms with Gasteiger partial charge in [-0.2, -0.15) is 0 Å². The molecule has 1 nitrogen and oxygen atoms in total. The normalized spacial score (nSPS) is 12.9. The molecule has 0 amide bonds. The second-order valence-corrected chi connectivity index (χ2v) is 4.28. The number of benzene rings is 1. The van der Waals surface area contributed by atoms with Crippen LogP contribution in [0.2, 0.25) is 0 Å². The largest absolute Gasteiger partial charge is 0.298 e. The molecule has 0 aliphatic heterocycles. The van der Waals surface area contributed by atoms with Gasteiger partial charge in [-0.05, 0) is 23.8 Å². The number of rotatable bonds is 4. The zero-order valence-corrected chi connectivity index (χ0v) is 9.16. The first-order valence-electron chi connectivity index (χ1n) is 5.17. The second kappa shape index (κ2) is 4.94. The highest BCUT2D eigenvalue weighted by Gasteiger charge is 2.07. The van der Waals surface area contributed by atoms with Gasteiger partial charge in [0.05, 0.1) is 0 Å². The third kappa shape index (κ3) is 2.99. The number of aldehydes is 1. The molecule has 1 rings (SSSR count). The first-order chi connectivity index (χ1) is 6.63. The summed E-state index contributed by atoms with van der Waals surface area (Å²) in [7, 11) is 0. The van der Waals surface area contributed by atoms with Crippen molar-refractivity contribution in [1.29, 1.82) is 0 Å². The fourth-order valence-electron chi connectivity index (χ4n) is 1.34. The van der Waals surface area contributed by atoms with Gasteiger partial charge in [-0.25, -0.2) is 0 Å². The van der Waals surface area contributed by atoms with Crippen LogP contribution >= 0.6 is 0 Å². The van der Waals surface area contributed by atoms with Gasteiger partial charge in [0.1, 0.15) is 6.29 Å². The predicted octanol–water partition coefficient (Wildman–Crippen LogP) is 3.33. The van der Waals surface area contributed by atoms with Crippen LogP contribution in [0.25, 0.3) is 0 Å². The van der Waals surface area contributed by atoms with E-state index in [1.54, 1.807) is 0 Å². The van der Waals surface area contributed by atoms with Crippen molar-refractivity contribution in [1.82, 2.24) is 0 Å². The first kappa shape index (κ1) is 11.0. The smallest absolute Gasteiger partial charge is 0.150 e. The molecule has 1 atom stereocenters. The molecule has 0 fully saturated rings. The molecule has 0 heterocycles. The summed E-state index contributed by atoms with van der Waals surface area (Å²) in [5, 5.41) is 0. The van der Waals surface area contributed by atoms with Crippen molar-refractivity contribution < 1.29 is 4.79 Å². The molecule has 0 N–H and O–H groups in total. The maximum Gasteiger partial charge on any atom is 0.150 e. The van der Waals surface area contributed by atoms with Crippen molar-refractivity contribution >= 4 is 6.29 Å². The molecule has 0 saturated heterocycles. The Morgan fingerprint density at radius 2 is 1.71 bits per heavy atom. The van der Waals surface area contributed by atoms with E-state index in [1.807, 2.05) is 24.3 Å². The molecule has 0 saturated carbocycles. The Kier molecular flexibility index (Phi) is 3.87. The standard InChI is InChI=1S/C13H18O/c1-10(2)11(3)8-12-4-6-13(9-14)7-5-12/h4-7,9-11H,8H2,1-3H3. The maximum atomic E-state index is 10.4. The molecule has 1 aromatic carbocycles. The van der Waals surface area contributed by atoms with Crippen molar-refractivity contribution in [2.75, 3.05) is 0 Å². The van der Waals surface area contributed by atoms with E-state index < -0.39 is 0 Å². The summed E-state index contributed by atoms with van der Waals surface area (Å²) in [6.07, 6.45) is 1.98. The highest BCUT2D eigenvalue weighted by Crippen LogP contribution is 2.16. The lowest BCUT2D eigenvalue weighted by Gasteiger charge is -2.15. The van der Waals surface area contributed by atoms with E-state index in [9.17, 15) is 4.79 Å². The van der Waals surface area contributed by atoms with Gasteiger partial charge < -0.3 is 0 Å². The van der Waals surface area contributed by atoms with Gasteiger partial charge in [-0.3, -0.25) is 4.79 Å². The molecule has 0 aliphatic carbocycles. The molecular weight excluding hydrogens is 172 g/mol. The van der Waals surface area contributed by atoms with E-state index >= 15 is 0 Å². The van der Waals surface area contributed by atoms with Crippen molar-refractivity contribution in [3.63, 3.8) is 0 Å². The van der Waals surface area contributed by atoms with E-state index in [1.165, 1.54) is 5.56 Å². The van der Waals surface area contributed by atoms with E-state index in [-0.39, 0.29) is 0 Å². The zero-order valence-electron chi connectivity index (χ0n) is 9.16. The van der Waals surface area contributed by atoms with Gasteiger partial charge in [-0.1, -0.05) is 45.0 Å². The molecule has 1 heteroatoms. The Balaban J connectivity index is 2.64. The lowest BCUT2D eigenvalue weighted by molar-refractivity contribution is 0.112. The highest BCUT2D eigenvalue weighted by atomic mass is 16.1. The number of hydrogen-bond donors (Lipinski definition) is 0. The molecule has 76 valence electrons. The fraction of sp³-hybridized carbons (Fsp3) is 0.462. The lowest BCUT2D eigenvalue weighted by atomic mass is 9.91. The minimum absolute atomic E-state index is 0.692. The molecular formula is C13H18O. The van der Waals surface area contributed by atoms with Gasteiger partial charge in [0.15, 0.2) is 0 Å². The third-order valence-electron chi connectivity index (χ3n) is 2.81. The fourth-order valence-corrected chi connectivity index (χ4v) is 1.34. The van der Waals surface area contributed by atoms with Crippen LogP contribution in [-0.2, 0) is 6.42 Å². The van der Waals surface area contributed by atoms with Crippen LogP contribution in [0.5, 0.6) is 0 Å². The van der Waals surface area contributed by atoms with E-state index in [4.69, 9.17) is 0 Å². The molecule has 0 radical (unpaired) electrons. The van der Waals surface area contributed by atoms with E-state index in [0.29, 0.717) is 11.8 Å². The van der Waals surface area contributed by atoms with Crippen LogP contribution in [-0.4, -0.2) is 6.29 Å². The number of hydrogen-bond acceptors (Lipinski definition) is 1. The van der Waals surface area contributed by atoms with Crippen LogP contribution in [0.15, 0.2) is 24.3 Å². The summed E-state index contributed by atoms with van der Waals surface area (Å²) in [5.74, 6) is 1.40. The van der Waals surface area contributed by atoms with Gasteiger partial charge in [0.25, 0.3) is 0 Å². The lowest BCUT2D eigenvalue weighted by Crippen LogP contribution is -2.07. The average molecular weight is 190 g/mol. The molecule has 1 unspecified atom stereocenters. The van der Waals surface area contributed by atoms with Gasteiger partial charge >= 0.3 is 0 Å². The summed E-state index contributed by atoms with van der Waals surface area (Å²) in [6.45, 7) is 6.74. The highest BCUT2D eigenvalue weighted by molar-refractivity contribution is 5.74. The third-order valence-corrected chi connectivity index (χ3v) is 2.81. The van der Waals surface area contributed by atoms with Crippen LogP contribution < -0.4 is 0 Å². The Morgan fingerprint density at radius 3 is 2.14 bits per heavy atom. The van der Waals surface area contributed by atoms with Crippen LogP contribution in [0, 0.1) is 11.8 Å². The first-order valence-corrected chi connectivity index (χ1v) is 5.17.